The Morgan fingerprint density at radius 1 is 1.29 bits per heavy atom. The molecular weight excluding hydrogens is 212 g/mol. The number of aryl methyl sites for hydroxylation is 2. The molecule has 0 amide bonds. The summed E-state index contributed by atoms with van der Waals surface area (Å²) in [6, 6.07) is 4.12. The quantitative estimate of drug-likeness (QED) is 0.850. The van der Waals surface area contributed by atoms with Crippen molar-refractivity contribution in [3.8, 4) is 5.75 Å². The second kappa shape index (κ2) is 4.34. The summed E-state index contributed by atoms with van der Waals surface area (Å²) in [6.07, 6.45) is 2.86. The zero-order chi connectivity index (χ0) is 12.6. The van der Waals surface area contributed by atoms with E-state index < -0.39 is 5.60 Å². The van der Waals surface area contributed by atoms with Gasteiger partial charge in [-0.25, -0.2) is 0 Å². The molecule has 17 heavy (non-hydrogen) atoms. The zero-order valence-corrected chi connectivity index (χ0v) is 11.2. The molecule has 0 aliphatic heterocycles. The summed E-state index contributed by atoms with van der Waals surface area (Å²) in [5.74, 6) is 1.52. The summed E-state index contributed by atoms with van der Waals surface area (Å²) < 4.78 is 5.32. The van der Waals surface area contributed by atoms with Gasteiger partial charge in [0.2, 0.25) is 0 Å². The summed E-state index contributed by atoms with van der Waals surface area (Å²) in [5, 5.41) is 10.8. The summed E-state index contributed by atoms with van der Waals surface area (Å²) in [4.78, 5) is 0. The summed E-state index contributed by atoms with van der Waals surface area (Å²) in [6.45, 7) is 6.30. The molecule has 2 heteroatoms. The van der Waals surface area contributed by atoms with Gasteiger partial charge in [0, 0.05) is 0 Å². The van der Waals surface area contributed by atoms with Crippen molar-refractivity contribution >= 4 is 0 Å². The van der Waals surface area contributed by atoms with E-state index in [0.717, 1.165) is 41.7 Å². The zero-order valence-electron chi connectivity index (χ0n) is 11.2. The number of aliphatic hydroxyl groups is 1. The van der Waals surface area contributed by atoms with Gasteiger partial charge >= 0.3 is 0 Å². The van der Waals surface area contributed by atoms with Crippen LogP contribution in [0.15, 0.2) is 12.1 Å². The molecule has 2 rings (SSSR count). The van der Waals surface area contributed by atoms with Crippen LogP contribution in [0.5, 0.6) is 5.75 Å². The van der Waals surface area contributed by atoms with Crippen LogP contribution in [0.25, 0.3) is 0 Å². The van der Waals surface area contributed by atoms with E-state index in [1.165, 1.54) is 0 Å². The Balaban J connectivity index is 2.42. The molecule has 2 unspecified atom stereocenters. The van der Waals surface area contributed by atoms with Gasteiger partial charge in [-0.15, -0.1) is 0 Å². The Morgan fingerprint density at radius 3 is 2.53 bits per heavy atom. The van der Waals surface area contributed by atoms with Gasteiger partial charge in [0.1, 0.15) is 5.75 Å². The molecule has 1 N–H and O–H groups in total. The summed E-state index contributed by atoms with van der Waals surface area (Å²) >= 11 is 0. The highest BCUT2D eigenvalue weighted by Gasteiger charge is 2.38. The van der Waals surface area contributed by atoms with Gasteiger partial charge < -0.3 is 9.84 Å². The third-order valence-electron chi connectivity index (χ3n) is 3.98. The summed E-state index contributed by atoms with van der Waals surface area (Å²) in [7, 11) is 1.69. The molecule has 1 aromatic carbocycles. The lowest BCUT2D eigenvalue weighted by atomic mass is 9.87. The Kier molecular flexibility index (Phi) is 3.17. The van der Waals surface area contributed by atoms with E-state index in [9.17, 15) is 5.11 Å². The monoisotopic (exact) mass is 234 g/mol. The average Bonchev–Trinajstić information content (AvgIpc) is 2.62. The van der Waals surface area contributed by atoms with Crippen LogP contribution < -0.4 is 4.74 Å². The maximum atomic E-state index is 10.8. The molecule has 94 valence electrons. The van der Waals surface area contributed by atoms with Crippen molar-refractivity contribution < 1.29 is 9.84 Å². The Morgan fingerprint density at radius 2 is 2.00 bits per heavy atom. The first kappa shape index (κ1) is 12.4. The van der Waals surface area contributed by atoms with Crippen molar-refractivity contribution in [2.45, 2.75) is 45.6 Å². The van der Waals surface area contributed by atoms with Gasteiger partial charge in [0.25, 0.3) is 0 Å². The minimum absolute atomic E-state index is 0.613. The second-order valence-electron chi connectivity index (χ2n) is 5.52. The van der Waals surface area contributed by atoms with Crippen LogP contribution in [-0.4, -0.2) is 12.2 Å². The van der Waals surface area contributed by atoms with Crippen molar-refractivity contribution in [3.05, 3.63) is 28.8 Å². The first-order valence-electron chi connectivity index (χ1n) is 6.34. The minimum Gasteiger partial charge on any atom is -0.496 e. The van der Waals surface area contributed by atoms with Gasteiger partial charge in [-0.1, -0.05) is 6.92 Å². The normalized spacial score (nSPS) is 28.4. The number of ether oxygens (including phenoxy) is 1. The minimum atomic E-state index is -0.624. The predicted molar refractivity (Wildman–Crippen MR) is 69.4 cm³/mol. The van der Waals surface area contributed by atoms with E-state index in [4.69, 9.17) is 4.74 Å². The van der Waals surface area contributed by atoms with E-state index in [-0.39, 0.29) is 0 Å². The predicted octanol–water partition coefficient (Wildman–Crippen LogP) is 3.32. The van der Waals surface area contributed by atoms with Gasteiger partial charge in [-0.05, 0) is 67.9 Å². The number of benzene rings is 1. The van der Waals surface area contributed by atoms with E-state index in [1.807, 2.05) is 13.0 Å². The third kappa shape index (κ3) is 2.19. The fourth-order valence-electron chi connectivity index (χ4n) is 3.02. The lowest BCUT2D eigenvalue weighted by Crippen LogP contribution is -2.23. The van der Waals surface area contributed by atoms with E-state index in [2.05, 4.69) is 19.9 Å². The lowest BCUT2D eigenvalue weighted by Gasteiger charge is -2.26. The van der Waals surface area contributed by atoms with Crippen LogP contribution in [0.2, 0.25) is 0 Å². The first-order chi connectivity index (χ1) is 7.96. The van der Waals surface area contributed by atoms with Crippen LogP contribution in [0.3, 0.4) is 0 Å². The van der Waals surface area contributed by atoms with Crippen molar-refractivity contribution in [3.63, 3.8) is 0 Å². The van der Waals surface area contributed by atoms with E-state index in [0.29, 0.717) is 5.92 Å². The molecule has 0 spiro atoms. The highest BCUT2D eigenvalue weighted by molar-refractivity contribution is 5.44. The topological polar surface area (TPSA) is 29.5 Å². The SMILES string of the molecule is COc1cc(C)c(C2(O)CCC(C)C2)cc1C. The van der Waals surface area contributed by atoms with Crippen molar-refractivity contribution in [1.82, 2.24) is 0 Å². The molecule has 2 atom stereocenters. The Hall–Kier alpha value is -1.02. The smallest absolute Gasteiger partial charge is 0.122 e. The van der Waals surface area contributed by atoms with Crippen LogP contribution in [-0.2, 0) is 5.60 Å². The molecule has 0 bridgehead atoms. The van der Waals surface area contributed by atoms with Gasteiger partial charge in [-0.3, -0.25) is 0 Å². The van der Waals surface area contributed by atoms with Crippen molar-refractivity contribution in [2.75, 3.05) is 7.11 Å². The highest BCUT2D eigenvalue weighted by Crippen LogP contribution is 2.44. The maximum absolute atomic E-state index is 10.8. The molecule has 1 aromatic rings. The highest BCUT2D eigenvalue weighted by atomic mass is 16.5. The molecular formula is C15H22O2. The molecule has 1 aliphatic rings. The van der Waals surface area contributed by atoms with Crippen molar-refractivity contribution in [2.24, 2.45) is 5.92 Å². The Bertz CT molecular complexity index is 425. The first-order valence-corrected chi connectivity index (χ1v) is 6.34. The summed E-state index contributed by atoms with van der Waals surface area (Å²) in [5.41, 5.74) is 2.69. The molecule has 0 saturated heterocycles. The molecule has 0 heterocycles. The molecule has 1 fully saturated rings. The van der Waals surface area contributed by atoms with Crippen molar-refractivity contribution in [1.29, 1.82) is 0 Å². The fourth-order valence-corrected chi connectivity index (χ4v) is 3.02. The van der Waals surface area contributed by atoms with Crippen LogP contribution in [0.4, 0.5) is 0 Å². The average molecular weight is 234 g/mol. The van der Waals surface area contributed by atoms with Crippen LogP contribution in [0.1, 0.15) is 42.9 Å². The standard InChI is InChI=1S/C15H22O2/c1-10-5-6-15(16,9-10)13-7-12(3)14(17-4)8-11(13)2/h7-8,10,16H,5-6,9H2,1-4H3. The van der Waals surface area contributed by atoms with Gasteiger partial charge in [0.15, 0.2) is 0 Å². The van der Waals surface area contributed by atoms with Crippen LogP contribution >= 0.6 is 0 Å². The second-order valence-corrected chi connectivity index (χ2v) is 5.52. The molecule has 0 aromatic heterocycles. The number of methoxy groups -OCH3 is 1. The largest absolute Gasteiger partial charge is 0.496 e. The molecule has 1 saturated carbocycles. The van der Waals surface area contributed by atoms with E-state index >= 15 is 0 Å². The van der Waals surface area contributed by atoms with Gasteiger partial charge in [-0.2, -0.15) is 0 Å². The number of hydrogen-bond donors (Lipinski definition) is 1. The van der Waals surface area contributed by atoms with Crippen LogP contribution in [0, 0.1) is 19.8 Å². The number of hydrogen-bond acceptors (Lipinski definition) is 2. The van der Waals surface area contributed by atoms with Gasteiger partial charge in [0.05, 0.1) is 12.7 Å². The molecule has 2 nitrogen and oxygen atoms in total. The maximum Gasteiger partial charge on any atom is 0.122 e. The lowest BCUT2D eigenvalue weighted by molar-refractivity contribution is 0.0400. The third-order valence-corrected chi connectivity index (χ3v) is 3.98. The number of rotatable bonds is 2. The Labute approximate surface area is 104 Å². The molecule has 1 aliphatic carbocycles. The molecule has 0 radical (unpaired) electrons. The fraction of sp³-hybridized carbons (Fsp3) is 0.600. The van der Waals surface area contributed by atoms with E-state index in [1.54, 1.807) is 7.11 Å².